The van der Waals surface area contributed by atoms with E-state index in [2.05, 4.69) is 9.97 Å². The van der Waals surface area contributed by atoms with Crippen LogP contribution >= 0.6 is 0 Å². The van der Waals surface area contributed by atoms with Gasteiger partial charge in [0, 0.05) is 24.1 Å². The highest BCUT2D eigenvalue weighted by atomic mass is 19.4. The van der Waals surface area contributed by atoms with Crippen molar-refractivity contribution in [2.75, 3.05) is 4.90 Å². The number of benzene rings is 1. The molecule has 2 aromatic rings. The predicted molar refractivity (Wildman–Crippen MR) is 82.7 cm³/mol. The first kappa shape index (κ1) is 20.5. The van der Waals surface area contributed by atoms with E-state index in [0.717, 1.165) is 17.3 Å². The molecule has 27 heavy (non-hydrogen) atoms. The molecule has 0 saturated heterocycles. The highest BCUT2D eigenvalue weighted by Gasteiger charge is 2.38. The van der Waals surface area contributed by atoms with E-state index < -0.39 is 41.2 Å². The number of alkyl halides is 6. The lowest BCUT2D eigenvalue weighted by Crippen LogP contribution is -2.28. The summed E-state index contributed by atoms with van der Waals surface area (Å²) in [6.07, 6.45) is -8.16. The van der Waals surface area contributed by atoms with E-state index in [1.54, 1.807) is 0 Å². The summed E-state index contributed by atoms with van der Waals surface area (Å²) in [5.74, 6) is -1.56. The van der Waals surface area contributed by atoms with E-state index >= 15 is 0 Å². The lowest BCUT2D eigenvalue weighted by Gasteiger charge is -2.28. The maximum Gasteiger partial charge on any atom is 0.416 e. The normalized spacial score (nSPS) is 12.3. The molecule has 0 amide bonds. The summed E-state index contributed by atoms with van der Waals surface area (Å²) in [7, 11) is 0. The topological polar surface area (TPSA) is 66.3 Å². The Morgan fingerprint density at radius 2 is 1.41 bits per heavy atom. The van der Waals surface area contributed by atoms with Gasteiger partial charge < -0.3 is 10.0 Å². The summed E-state index contributed by atoms with van der Waals surface area (Å²) < 4.78 is 78.4. The number of nitrogens with zero attached hydrogens (tertiary/aromatic N) is 3. The number of hydrogen-bond acceptors (Lipinski definition) is 4. The molecule has 146 valence electrons. The minimum atomic E-state index is -4.99. The van der Waals surface area contributed by atoms with Crippen LogP contribution in [0.1, 0.15) is 35.3 Å². The van der Waals surface area contributed by atoms with Crippen LogP contribution in [0.3, 0.4) is 0 Å². The van der Waals surface area contributed by atoms with Gasteiger partial charge in [-0.1, -0.05) is 0 Å². The molecule has 1 N–H and O–H groups in total. The Morgan fingerprint density at radius 3 is 1.74 bits per heavy atom. The first-order valence-corrected chi connectivity index (χ1v) is 7.44. The van der Waals surface area contributed by atoms with Crippen molar-refractivity contribution in [3.05, 3.63) is 47.3 Å². The Bertz CT molecular complexity index is 799. The van der Waals surface area contributed by atoms with E-state index in [1.165, 1.54) is 13.8 Å². The van der Waals surface area contributed by atoms with Gasteiger partial charge >= 0.3 is 18.3 Å². The van der Waals surface area contributed by atoms with Crippen LogP contribution in [0.4, 0.5) is 38.0 Å². The van der Waals surface area contributed by atoms with Crippen LogP contribution in [0, 0.1) is 0 Å². The van der Waals surface area contributed by atoms with E-state index in [9.17, 15) is 31.1 Å². The van der Waals surface area contributed by atoms with Gasteiger partial charge in [0.1, 0.15) is 0 Å². The molecular weight excluding hydrogens is 380 g/mol. The van der Waals surface area contributed by atoms with Crippen molar-refractivity contribution >= 4 is 17.6 Å². The van der Waals surface area contributed by atoms with Gasteiger partial charge in [0.15, 0.2) is 0 Å². The van der Waals surface area contributed by atoms with E-state index in [1.807, 2.05) is 0 Å². The molecule has 1 aromatic carbocycles. The third-order valence-corrected chi connectivity index (χ3v) is 3.47. The first-order valence-electron chi connectivity index (χ1n) is 7.44. The second-order valence-electron chi connectivity index (χ2n) is 5.80. The van der Waals surface area contributed by atoms with Gasteiger partial charge in [0.05, 0.1) is 16.7 Å². The van der Waals surface area contributed by atoms with Crippen molar-refractivity contribution in [1.82, 2.24) is 9.97 Å². The van der Waals surface area contributed by atoms with Crippen LogP contribution < -0.4 is 4.90 Å². The summed E-state index contributed by atoms with van der Waals surface area (Å²) in [6.45, 7) is 3.03. The van der Waals surface area contributed by atoms with Gasteiger partial charge in [-0.25, -0.2) is 14.8 Å². The predicted octanol–water partition coefficient (Wildman–Crippen LogP) is 4.76. The van der Waals surface area contributed by atoms with Crippen LogP contribution in [-0.2, 0) is 12.4 Å². The third-order valence-electron chi connectivity index (χ3n) is 3.47. The zero-order chi connectivity index (χ0) is 20.6. The molecule has 0 fully saturated rings. The average Bonchev–Trinajstić information content (AvgIpc) is 2.53. The number of halogens is 6. The van der Waals surface area contributed by atoms with Crippen LogP contribution in [0.15, 0.2) is 30.6 Å². The molecule has 5 nitrogen and oxygen atoms in total. The zero-order valence-electron chi connectivity index (χ0n) is 13.9. The van der Waals surface area contributed by atoms with Crippen LogP contribution in [0.2, 0.25) is 0 Å². The molecule has 0 aliphatic rings. The molecular formula is C16H13F6N3O2. The highest BCUT2D eigenvalue weighted by Crippen LogP contribution is 2.39. The number of aromatic nitrogens is 2. The van der Waals surface area contributed by atoms with Crippen molar-refractivity contribution in [3.8, 4) is 0 Å². The minimum Gasteiger partial charge on any atom is -0.478 e. The van der Waals surface area contributed by atoms with Gasteiger partial charge in [0.25, 0.3) is 0 Å². The lowest BCUT2D eigenvalue weighted by molar-refractivity contribution is -0.143. The second-order valence-corrected chi connectivity index (χ2v) is 5.80. The fourth-order valence-electron chi connectivity index (χ4n) is 2.28. The third kappa shape index (κ3) is 4.66. The van der Waals surface area contributed by atoms with Gasteiger partial charge in [-0.05, 0) is 32.0 Å². The van der Waals surface area contributed by atoms with Gasteiger partial charge in [-0.15, -0.1) is 0 Å². The van der Waals surface area contributed by atoms with Crippen LogP contribution in [0.25, 0.3) is 0 Å². The largest absolute Gasteiger partial charge is 0.478 e. The van der Waals surface area contributed by atoms with E-state index in [4.69, 9.17) is 5.11 Å². The summed E-state index contributed by atoms with van der Waals surface area (Å²) >= 11 is 0. The summed E-state index contributed by atoms with van der Waals surface area (Å²) in [5, 5.41) is 8.85. The molecule has 0 radical (unpaired) electrons. The molecule has 1 heterocycles. The maximum atomic E-state index is 13.1. The van der Waals surface area contributed by atoms with Crippen molar-refractivity contribution < 1.29 is 36.2 Å². The number of hydrogen-bond donors (Lipinski definition) is 1. The van der Waals surface area contributed by atoms with Crippen molar-refractivity contribution in [2.45, 2.75) is 32.2 Å². The van der Waals surface area contributed by atoms with Crippen molar-refractivity contribution in [3.63, 3.8) is 0 Å². The quantitative estimate of drug-likeness (QED) is 0.759. The summed E-state index contributed by atoms with van der Waals surface area (Å²) in [5.41, 5.74) is -3.64. The number of carbonyl (C=O) groups is 1. The Labute approximate surface area is 149 Å². The average molecular weight is 393 g/mol. The van der Waals surface area contributed by atoms with E-state index in [-0.39, 0.29) is 17.6 Å². The molecule has 0 spiro atoms. The standard InChI is InChI=1S/C16H13F6N3O2/c1-8(2)25(14-23-6-9(7-24-14)13(26)27)12-4-10(15(17,18)19)3-11(5-12)16(20,21)22/h3-8H,1-2H3,(H,26,27). The SMILES string of the molecule is CC(C)N(c1cc(C(F)(F)F)cc(C(F)(F)F)c1)c1ncc(C(=O)O)cn1. The summed E-state index contributed by atoms with van der Waals surface area (Å²) in [6, 6.07) is 0.523. The van der Waals surface area contributed by atoms with E-state index in [0.29, 0.717) is 12.1 Å². The zero-order valence-corrected chi connectivity index (χ0v) is 13.9. The van der Waals surface area contributed by atoms with Crippen LogP contribution in [0.5, 0.6) is 0 Å². The Hall–Kier alpha value is -2.85. The fourth-order valence-corrected chi connectivity index (χ4v) is 2.28. The fraction of sp³-hybridized carbons (Fsp3) is 0.312. The molecule has 11 heteroatoms. The molecule has 0 unspecified atom stereocenters. The van der Waals surface area contributed by atoms with Gasteiger partial charge in [-0.2, -0.15) is 26.3 Å². The Morgan fingerprint density at radius 1 is 0.963 bits per heavy atom. The summed E-state index contributed by atoms with van der Waals surface area (Å²) in [4.78, 5) is 19.4. The monoisotopic (exact) mass is 393 g/mol. The number of anilines is 2. The Balaban J connectivity index is 2.64. The second kappa shape index (κ2) is 7.05. The molecule has 2 rings (SSSR count). The molecule has 0 atom stereocenters. The Kier molecular flexibility index (Phi) is 5.34. The van der Waals surface area contributed by atoms with Gasteiger partial charge in [0.2, 0.25) is 5.95 Å². The molecule has 0 aliphatic heterocycles. The first-order chi connectivity index (χ1) is 12.3. The molecule has 0 aliphatic carbocycles. The van der Waals surface area contributed by atoms with Gasteiger partial charge in [-0.3, -0.25) is 0 Å². The van der Waals surface area contributed by atoms with Crippen molar-refractivity contribution in [1.29, 1.82) is 0 Å². The van der Waals surface area contributed by atoms with Crippen molar-refractivity contribution in [2.24, 2.45) is 0 Å². The maximum absolute atomic E-state index is 13.1. The molecule has 1 aromatic heterocycles. The smallest absolute Gasteiger partial charge is 0.416 e. The number of carboxylic acids is 1. The molecule has 0 saturated carbocycles. The number of aromatic carboxylic acids is 1. The number of rotatable bonds is 4. The molecule has 0 bridgehead atoms. The highest BCUT2D eigenvalue weighted by molar-refractivity contribution is 5.86. The minimum absolute atomic E-state index is 0.0242. The van der Waals surface area contributed by atoms with Crippen LogP contribution in [-0.4, -0.2) is 27.1 Å². The number of carboxylic acid groups (broad SMARTS) is 1. The lowest BCUT2D eigenvalue weighted by atomic mass is 10.1.